The summed E-state index contributed by atoms with van der Waals surface area (Å²) in [5.74, 6) is -1.05. The lowest BCUT2D eigenvalue weighted by Crippen LogP contribution is -2.38. The Balaban J connectivity index is 3.25. The smallest absolute Gasteiger partial charge is 0.270 e. The summed E-state index contributed by atoms with van der Waals surface area (Å²) in [6.45, 7) is 7.16. The van der Waals surface area contributed by atoms with Gasteiger partial charge in [-0.05, 0) is 25.3 Å². The first-order chi connectivity index (χ1) is 9.16. The molecule has 6 heteroatoms. The molecule has 0 aliphatic carbocycles. The SMILES string of the molecule is Cc1cc([N+](=O)[O-])cc(C(=O)N(C)C(C)C(C)C)c1F. The normalized spacial score (nSPS) is 12.3. The van der Waals surface area contributed by atoms with Crippen molar-refractivity contribution in [3.05, 3.63) is 39.2 Å². The summed E-state index contributed by atoms with van der Waals surface area (Å²) in [4.78, 5) is 23.9. The standard InChI is InChI=1S/C14H19FN2O3/c1-8(2)10(4)16(5)14(18)12-7-11(17(19)20)6-9(3)13(12)15/h6-8,10H,1-5H3. The van der Waals surface area contributed by atoms with Gasteiger partial charge in [-0.25, -0.2) is 4.39 Å². The highest BCUT2D eigenvalue weighted by atomic mass is 19.1. The van der Waals surface area contributed by atoms with Crippen LogP contribution < -0.4 is 0 Å². The predicted octanol–water partition coefficient (Wildman–Crippen LogP) is 3.16. The highest BCUT2D eigenvalue weighted by molar-refractivity contribution is 5.95. The number of amides is 1. The monoisotopic (exact) mass is 282 g/mol. The lowest BCUT2D eigenvalue weighted by molar-refractivity contribution is -0.385. The molecule has 1 atom stereocenters. The molecule has 0 N–H and O–H groups in total. The molecule has 0 radical (unpaired) electrons. The number of benzene rings is 1. The molecule has 1 unspecified atom stereocenters. The number of nitrogens with zero attached hydrogens (tertiary/aromatic N) is 2. The van der Waals surface area contributed by atoms with Crippen molar-refractivity contribution in [3.63, 3.8) is 0 Å². The quantitative estimate of drug-likeness (QED) is 0.629. The van der Waals surface area contributed by atoms with Crippen LogP contribution >= 0.6 is 0 Å². The number of hydrogen-bond donors (Lipinski definition) is 0. The van der Waals surface area contributed by atoms with Crippen molar-refractivity contribution in [1.82, 2.24) is 4.90 Å². The van der Waals surface area contributed by atoms with Gasteiger partial charge in [0.05, 0.1) is 10.5 Å². The van der Waals surface area contributed by atoms with Crippen LogP contribution in [0.4, 0.5) is 10.1 Å². The summed E-state index contributed by atoms with van der Waals surface area (Å²) in [7, 11) is 1.57. The van der Waals surface area contributed by atoms with Gasteiger partial charge in [0, 0.05) is 25.2 Å². The van der Waals surface area contributed by atoms with E-state index in [9.17, 15) is 19.3 Å². The third kappa shape index (κ3) is 3.12. The average Bonchev–Trinajstić information content (AvgIpc) is 2.38. The summed E-state index contributed by atoms with van der Waals surface area (Å²) in [6.07, 6.45) is 0. The molecule has 0 aliphatic heterocycles. The van der Waals surface area contributed by atoms with Gasteiger partial charge in [0.2, 0.25) is 0 Å². The van der Waals surface area contributed by atoms with Crippen LogP contribution in [0.3, 0.4) is 0 Å². The number of nitro benzene ring substituents is 1. The topological polar surface area (TPSA) is 63.5 Å². The van der Waals surface area contributed by atoms with Gasteiger partial charge in [0.25, 0.3) is 11.6 Å². The van der Waals surface area contributed by atoms with Gasteiger partial charge in [0.1, 0.15) is 5.82 Å². The molecule has 0 saturated heterocycles. The highest BCUT2D eigenvalue weighted by Crippen LogP contribution is 2.23. The van der Waals surface area contributed by atoms with E-state index in [0.29, 0.717) is 0 Å². The summed E-state index contributed by atoms with van der Waals surface area (Å²) in [5.41, 5.74) is -0.447. The summed E-state index contributed by atoms with van der Waals surface area (Å²) >= 11 is 0. The van der Waals surface area contributed by atoms with Gasteiger partial charge >= 0.3 is 0 Å². The van der Waals surface area contributed by atoms with Crippen LogP contribution in [0.15, 0.2) is 12.1 Å². The zero-order valence-corrected chi connectivity index (χ0v) is 12.3. The van der Waals surface area contributed by atoms with Crippen LogP contribution in [-0.4, -0.2) is 28.8 Å². The Bertz CT molecular complexity index is 543. The third-order valence-corrected chi connectivity index (χ3v) is 3.58. The maximum Gasteiger partial charge on any atom is 0.270 e. The molecule has 1 aromatic rings. The fraction of sp³-hybridized carbons (Fsp3) is 0.500. The van der Waals surface area contributed by atoms with Crippen LogP contribution in [0.1, 0.15) is 36.7 Å². The summed E-state index contributed by atoms with van der Waals surface area (Å²) in [5, 5.41) is 10.8. The molecular weight excluding hydrogens is 263 g/mol. The number of nitro groups is 1. The molecule has 0 bridgehead atoms. The minimum absolute atomic E-state index is 0.0909. The van der Waals surface area contributed by atoms with Crippen molar-refractivity contribution in [2.75, 3.05) is 7.05 Å². The molecule has 0 spiro atoms. The van der Waals surface area contributed by atoms with Crippen LogP contribution in [0, 0.1) is 28.8 Å². The molecule has 20 heavy (non-hydrogen) atoms. The number of non-ortho nitro benzene ring substituents is 1. The molecule has 1 aromatic carbocycles. The van der Waals surface area contributed by atoms with E-state index >= 15 is 0 Å². The molecule has 1 rings (SSSR count). The summed E-state index contributed by atoms with van der Waals surface area (Å²) in [6, 6.07) is 2.02. The van der Waals surface area contributed by atoms with Crippen molar-refractivity contribution < 1.29 is 14.1 Å². The molecule has 0 fully saturated rings. The Morgan fingerprint density at radius 2 is 1.90 bits per heavy atom. The first-order valence-corrected chi connectivity index (χ1v) is 6.38. The number of aryl methyl sites for hydroxylation is 1. The van der Waals surface area contributed by atoms with Crippen molar-refractivity contribution in [1.29, 1.82) is 0 Å². The van der Waals surface area contributed by atoms with E-state index in [2.05, 4.69) is 0 Å². The molecule has 0 aliphatic rings. The second-order valence-electron chi connectivity index (χ2n) is 5.28. The van der Waals surface area contributed by atoms with Crippen molar-refractivity contribution >= 4 is 11.6 Å². The van der Waals surface area contributed by atoms with Gasteiger partial charge in [0.15, 0.2) is 0 Å². The zero-order valence-electron chi connectivity index (χ0n) is 12.3. The maximum atomic E-state index is 14.1. The van der Waals surface area contributed by atoms with E-state index < -0.39 is 16.6 Å². The van der Waals surface area contributed by atoms with Gasteiger partial charge < -0.3 is 4.90 Å². The van der Waals surface area contributed by atoms with E-state index in [1.54, 1.807) is 7.05 Å². The fourth-order valence-corrected chi connectivity index (χ4v) is 1.83. The summed E-state index contributed by atoms with van der Waals surface area (Å²) < 4.78 is 14.1. The van der Waals surface area contributed by atoms with E-state index in [1.165, 1.54) is 11.8 Å². The first-order valence-electron chi connectivity index (χ1n) is 6.38. The Kier molecular flexibility index (Phi) is 4.81. The lowest BCUT2D eigenvalue weighted by Gasteiger charge is -2.28. The van der Waals surface area contributed by atoms with Gasteiger partial charge in [-0.2, -0.15) is 0 Å². The number of carbonyl (C=O) groups excluding carboxylic acids is 1. The Hall–Kier alpha value is -1.98. The van der Waals surface area contributed by atoms with Crippen molar-refractivity contribution in [2.45, 2.75) is 33.7 Å². The van der Waals surface area contributed by atoms with Crippen molar-refractivity contribution in [3.8, 4) is 0 Å². The Morgan fingerprint density at radius 3 is 2.35 bits per heavy atom. The van der Waals surface area contributed by atoms with Gasteiger partial charge in [-0.15, -0.1) is 0 Å². The molecule has 0 saturated carbocycles. The van der Waals surface area contributed by atoms with Gasteiger partial charge in [-0.1, -0.05) is 13.8 Å². The average molecular weight is 282 g/mol. The molecular formula is C14H19FN2O3. The fourth-order valence-electron chi connectivity index (χ4n) is 1.83. The maximum absolute atomic E-state index is 14.1. The second kappa shape index (κ2) is 5.98. The molecule has 5 nitrogen and oxygen atoms in total. The minimum Gasteiger partial charge on any atom is -0.339 e. The van der Waals surface area contributed by atoms with E-state index in [0.717, 1.165) is 12.1 Å². The third-order valence-electron chi connectivity index (χ3n) is 3.58. The molecule has 0 heterocycles. The number of halogens is 1. The Morgan fingerprint density at radius 1 is 1.35 bits per heavy atom. The van der Waals surface area contributed by atoms with Crippen LogP contribution in [-0.2, 0) is 0 Å². The van der Waals surface area contributed by atoms with E-state index in [-0.39, 0.29) is 28.8 Å². The Labute approximate surface area is 117 Å². The molecule has 1 amide bonds. The minimum atomic E-state index is -0.705. The van der Waals surface area contributed by atoms with E-state index in [4.69, 9.17) is 0 Å². The lowest BCUT2D eigenvalue weighted by atomic mass is 10.0. The first kappa shape index (κ1) is 16.1. The second-order valence-corrected chi connectivity index (χ2v) is 5.28. The van der Waals surface area contributed by atoms with E-state index in [1.807, 2.05) is 20.8 Å². The van der Waals surface area contributed by atoms with Crippen LogP contribution in [0.2, 0.25) is 0 Å². The van der Waals surface area contributed by atoms with Crippen LogP contribution in [0.5, 0.6) is 0 Å². The predicted molar refractivity (Wildman–Crippen MR) is 74.2 cm³/mol. The molecule has 110 valence electrons. The number of carbonyl (C=O) groups is 1. The van der Waals surface area contributed by atoms with Gasteiger partial charge in [-0.3, -0.25) is 14.9 Å². The highest BCUT2D eigenvalue weighted by Gasteiger charge is 2.25. The largest absolute Gasteiger partial charge is 0.339 e. The molecule has 0 aromatic heterocycles. The zero-order chi connectivity index (χ0) is 15.6. The number of hydrogen-bond acceptors (Lipinski definition) is 3. The van der Waals surface area contributed by atoms with Crippen LogP contribution in [0.25, 0.3) is 0 Å². The number of rotatable bonds is 4. The van der Waals surface area contributed by atoms with Crippen molar-refractivity contribution in [2.24, 2.45) is 5.92 Å².